The van der Waals surface area contributed by atoms with Crippen molar-refractivity contribution in [2.45, 2.75) is 0 Å². The third kappa shape index (κ3) is 25.4. The van der Waals surface area contributed by atoms with Crippen molar-refractivity contribution in [2.24, 2.45) is 0 Å². The number of rotatable bonds is 0. The Morgan fingerprint density at radius 1 is 2.00 bits per heavy atom. The zero-order valence-electron chi connectivity index (χ0n) is 2.36. The Hall–Kier alpha value is 0.450. The van der Waals surface area contributed by atoms with Crippen LogP contribution >= 0.6 is 7.81 Å². The molecule has 0 fully saturated rings. The van der Waals surface area contributed by atoms with Crippen molar-refractivity contribution in [1.82, 2.24) is 0 Å². The van der Waals surface area contributed by atoms with Crippen LogP contribution in [0.15, 0.2) is 0 Å². The fourth-order valence-corrected chi connectivity index (χ4v) is 0. The molecule has 0 amide bonds. The summed E-state index contributed by atoms with van der Waals surface area (Å²) in [5, 5.41) is 0. The van der Waals surface area contributed by atoms with Gasteiger partial charge >= 0.3 is 28.5 Å². The van der Waals surface area contributed by atoms with Gasteiger partial charge in [-0.3, -0.25) is 0 Å². The van der Waals surface area contributed by atoms with E-state index in [9.17, 15) is 0 Å². The quantitative estimate of drug-likeness (QED) is 0.437. The SMILES string of the molecule is CS(=N)#P. The van der Waals surface area contributed by atoms with Crippen LogP contribution in [0.5, 0.6) is 0 Å². The molecule has 0 aliphatic rings. The third-order valence-corrected chi connectivity index (χ3v) is 0. The molecule has 0 unspecified atom stereocenters. The molecule has 0 bridgehead atoms. The fourth-order valence-electron chi connectivity index (χ4n) is 0. The molecule has 0 saturated carbocycles. The second-order valence-corrected chi connectivity index (χ2v) is 3.08. The van der Waals surface area contributed by atoms with E-state index in [4.69, 9.17) is 4.78 Å². The number of hydrogen-bond acceptors (Lipinski definition) is 1. The van der Waals surface area contributed by atoms with Gasteiger partial charge in [-0.1, -0.05) is 0 Å². The van der Waals surface area contributed by atoms with Crippen molar-refractivity contribution in [3.8, 4) is 0 Å². The van der Waals surface area contributed by atoms with Crippen LogP contribution in [-0.4, -0.2) is 6.26 Å². The molecule has 1 nitrogen and oxygen atoms in total. The molecular weight excluding hydrogens is 89.1 g/mol. The summed E-state index contributed by atoms with van der Waals surface area (Å²) < 4.78 is 6.48. The van der Waals surface area contributed by atoms with Crippen LogP contribution in [0, 0.1) is 4.78 Å². The average Bonchev–Trinajstić information content (AvgIpc) is 0.811. The summed E-state index contributed by atoms with van der Waals surface area (Å²) in [6.07, 6.45) is 1.73. The molecule has 24 valence electrons. The summed E-state index contributed by atoms with van der Waals surface area (Å²) in [6, 6.07) is 0. The maximum atomic E-state index is 6.48. The summed E-state index contributed by atoms with van der Waals surface area (Å²) >= 11 is 0. The molecule has 0 atom stereocenters. The predicted molar refractivity (Wildman–Crippen MR) is 22.9 cm³/mol. The van der Waals surface area contributed by atoms with Crippen molar-refractivity contribution < 1.29 is 0 Å². The normalized spacial score (nSPS) is 6.00. The topological polar surface area (TPSA) is 23.9 Å². The summed E-state index contributed by atoms with van der Waals surface area (Å²) in [5.74, 6) is 0. The van der Waals surface area contributed by atoms with Gasteiger partial charge in [0.05, 0.1) is 0 Å². The van der Waals surface area contributed by atoms with Crippen molar-refractivity contribution >= 4 is 17.5 Å². The average molecular weight is 93.1 g/mol. The van der Waals surface area contributed by atoms with Crippen LogP contribution < -0.4 is 0 Å². The van der Waals surface area contributed by atoms with Gasteiger partial charge in [0.2, 0.25) is 0 Å². The molecule has 0 aliphatic heterocycles. The van der Waals surface area contributed by atoms with Crippen molar-refractivity contribution in [3.05, 3.63) is 0 Å². The monoisotopic (exact) mass is 93.0 g/mol. The molecule has 0 saturated heterocycles. The van der Waals surface area contributed by atoms with Crippen molar-refractivity contribution in [2.75, 3.05) is 6.26 Å². The van der Waals surface area contributed by atoms with Crippen LogP contribution in [0.1, 0.15) is 0 Å². The van der Waals surface area contributed by atoms with E-state index in [0.29, 0.717) is 0 Å². The molecule has 0 aromatic heterocycles. The molecule has 0 heterocycles. The molecule has 1 N–H and O–H groups in total. The first kappa shape index (κ1) is 4.45. The Kier molecular flexibility index (Phi) is 1.94. The van der Waals surface area contributed by atoms with Gasteiger partial charge in [-0.05, 0) is 0 Å². The van der Waals surface area contributed by atoms with Crippen LogP contribution in [0.4, 0.5) is 0 Å². The zero-order valence-corrected chi connectivity index (χ0v) is 4.07. The molecule has 3 heteroatoms. The van der Waals surface area contributed by atoms with Crippen LogP contribution in [0.2, 0.25) is 0 Å². The van der Waals surface area contributed by atoms with Crippen LogP contribution in [0.25, 0.3) is 0 Å². The van der Waals surface area contributed by atoms with E-state index in [-0.39, 0.29) is 0 Å². The van der Waals surface area contributed by atoms with Gasteiger partial charge in [-0.2, -0.15) is 0 Å². The second kappa shape index (κ2) is 1.74. The molecule has 0 aromatic carbocycles. The molecule has 4 heavy (non-hydrogen) atoms. The van der Waals surface area contributed by atoms with Crippen LogP contribution in [0.3, 0.4) is 0 Å². The van der Waals surface area contributed by atoms with Crippen LogP contribution in [-0.2, 0) is 9.67 Å². The maximum absolute atomic E-state index is 6.48. The van der Waals surface area contributed by atoms with Gasteiger partial charge in [0, 0.05) is 0 Å². The van der Waals surface area contributed by atoms with E-state index < -0.39 is 9.67 Å². The molecule has 0 rings (SSSR count). The number of nitrogens with one attached hydrogen (secondary N) is 1. The summed E-state index contributed by atoms with van der Waals surface area (Å²) in [6.45, 7) is 0. The Morgan fingerprint density at radius 3 is 2.00 bits per heavy atom. The van der Waals surface area contributed by atoms with E-state index in [1.54, 1.807) is 6.26 Å². The summed E-state index contributed by atoms with van der Waals surface area (Å²) in [5.41, 5.74) is 0. The third-order valence-electron chi connectivity index (χ3n) is 0. The minimum absolute atomic E-state index is 0.417. The first-order valence-corrected chi connectivity index (χ1v) is 3.48. The van der Waals surface area contributed by atoms with E-state index >= 15 is 0 Å². The Labute approximate surface area is 29.4 Å². The number of hydrogen-bond donors (Lipinski definition) is 1. The van der Waals surface area contributed by atoms with E-state index in [2.05, 4.69) is 7.81 Å². The minimum atomic E-state index is -0.417. The van der Waals surface area contributed by atoms with E-state index in [1.807, 2.05) is 0 Å². The summed E-state index contributed by atoms with van der Waals surface area (Å²) in [7, 11) is 3.24. The fraction of sp³-hybridized carbons (Fsp3) is 1.00. The van der Waals surface area contributed by atoms with Gasteiger partial charge in [-0.25, -0.2) is 0 Å². The Balaban J connectivity index is 3.85. The first-order valence-electron chi connectivity index (χ1n) is 0.795. The molecular formula is CH4NPS. The molecule has 0 radical (unpaired) electrons. The molecule has 0 aromatic rings. The van der Waals surface area contributed by atoms with E-state index in [1.165, 1.54) is 0 Å². The first-order chi connectivity index (χ1) is 1.73. The molecule has 0 spiro atoms. The Bertz CT molecular complexity index is 98.2. The Morgan fingerprint density at radius 2 is 2.00 bits per heavy atom. The van der Waals surface area contributed by atoms with E-state index in [0.717, 1.165) is 0 Å². The zero-order chi connectivity index (χ0) is 3.58. The molecule has 0 aliphatic carbocycles. The van der Waals surface area contributed by atoms with Gasteiger partial charge < -0.3 is 0 Å². The van der Waals surface area contributed by atoms with Gasteiger partial charge in [0.25, 0.3) is 0 Å². The van der Waals surface area contributed by atoms with Gasteiger partial charge in [0.1, 0.15) is 0 Å². The van der Waals surface area contributed by atoms with Gasteiger partial charge in [0.15, 0.2) is 0 Å². The van der Waals surface area contributed by atoms with Gasteiger partial charge in [-0.15, -0.1) is 0 Å². The second-order valence-electron chi connectivity index (χ2n) is 0.478. The van der Waals surface area contributed by atoms with Crippen molar-refractivity contribution in [3.63, 3.8) is 0 Å². The predicted octanol–water partition coefficient (Wildman–Crippen LogP) is 1.32. The van der Waals surface area contributed by atoms with Crippen molar-refractivity contribution in [1.29, 1.82) is 4.78 Å². The standard InChI is InChI=1S/CH4NPS/c1-4(2)3/h2H,1H3. The summed E-state index contributed by atoms with van der Waals surface area (Å²) in [4.78, 5) is 0.